The zero-order valence-corrected chi connectivity index (χ0v) is 13.9. The van der Waals surface area contributed by atoms with Crippen molar-refractivity contribution in [2.75, 3.05) is 19.8 Å². The second kappa shape index (κ2) is 9.95. The van der Waals surface area contributed by atoms with Crippen molar-refractivity contribution >= 4 is 12.5 Å². The molecular formula is C18H26N2O4. The lowest BCUT2D eigenvalue weighted by Gasteiger charge is -2.22. The molecule has 0 bridgehead atoms. The third kappa shape index (κ3) is 5.54. The summed E-state index contributed by atoms with van der Waals surface area (Å²) < 4.78 is 11.6. The first-order valence-electron chi connectivity index (χ1n) is 8.38. The Morgan fingerprint density at radius 1 is 1.33 bits per heavy atom. The van der Waals surface area contributed by atoms with E-state index in [9.17, 15) is 0 Å². The number of fused-ring (bicyclic) bond motifs is 1. The Kier molecular flexibility index (Phi) is 7.58. The number of hydrogen-bond acceptors (Lipinski definition) is 5. The lowest BCUT2D eigenvalue weighted by atomic mass is 9.90. The van der Waals surface area contributed by atoms with E-state index in [1.54, 1.807) is 0 Å². The molecule has 0 aromatic heterocycles. The van der Waals surface area contributed by atoms with Gasteiger partial charge >= 0.3 is 0 Å². The second-order valence-corrected chi connectivity index (χ2v) is 6.08. The van der Waals surface area contributed by atoms with Crippen LogP contribution in [0.3, 0.4) is 0 Å². The molecule has 0 atom stereocenters. The van der Waals surface area contributed by atoms with Gasteiger partial charge in [0.05, 0.1) is 6.61 Å². The smallest absolute Gasteiger partial charge is 0.204 e. The van der Waals surface area contributed by atoms with Crippen molar-refractivity contribution < 1.29 is 19.5 Å². The molecule has 24 heavy (non-hydrogen) atoms. The zero-order valence-electron chi connectivity index (χ0n) is 13.9. The van der Waals surface area contributed by atoms with Gasteiger partial charge in [-0.2, -0.15) is 0 Å². The number of carbonyl (C=O) groups is 1. The minimum atomic E-state index is 0.250. The van der Waals surface area contributed by atoms with E-state index in [2.05, 4.69) is 17.3 Å². The SMILES string of the molecule is NC=O.ONCC1=Cc2cc(OCC3CCCCC3)ccc2OC1. The highest BCUT2D eigenvalue weighted by molar-refractivity contribution is 5.64. The Balaban J connectivity index is 0.000000647. The molecule has 1 aliphatic carbocycles. The molecule has 1 amide bonds. The second-order valence-electron chi connectivity index (χ2n) is 6.08. The average molecular weight is 334 g/mol. The van der Waals surface area contributed by atoms with Crippen LogP contribution in [0.1, 0.15) is 37.7 Å². The topological polar surface area (TPSA) is 93.8 Å². The first-order chi connectivity index (χ1) is 11.8. The average Bonchev–Trinajstić information content (AvgIpc) is 2.61. The number of hydrogen-bond donors (Lipinski definition) is 3. The largest absolute Gasteiger partial charge is 0.493 e. The molecule has 1 aromatic carbocycles. The van der Waals surface area contributed by atoms with Crippen molar-refractivity contribution in [3.63, 3.8) is 0 Å². The van der Waals surface area contributed by atoms with E-state index in [0.717, 1.165) is 29.2 Å². The number of benzene rings is 1. The van der Waals surface area contributed by atoms with E-state index in [1.165, 1.54) is 32.1 Å². The molecule has 0 unspecified atom stereocenters. The van der Waals surface area contributed by atoms with Gasteiger partial charge in [-0.1, -0.05) is 19.3 Å². The number of hydroxylamine groups is 1. The quantitative estimate of drug-likeness (QED) is 0.568. The highest BCUT2D eigenvalue weighted by atomic mass is 16.5. The Morgan fingerprint density at radius 3 is 2.79 bits per heavy atom. The number of carbonyl (C=O) groups excluding carboxylic acids is 1. The number of primary amides is 1. The standard InChI is InChI=1S/C17H23NO3.CH3NO/c19-18-10-14-8-15-9-16(6-7-17(15)21-12-14)20-11-13-4-2-1-3-5-13;2-1-3/h6-9,13,18-19H,1-5,10-12H2;1H,(H2,2,3). The number of nitrogens with one attached hydrogen (secondary N) is 1. The third-order valence-corrected chi connectivity index (χ3v) is 4.27. The molecule has 0 radical (unpaired) electrons. The van der Waals surface area contributed by atoms with Crippen LogP contribution in [0, 0.1) is 5.92 Å². The highest BCUT2D eigenvalue weighted by Gasteiger charge is 2.15. The predicted molar refractivity (Wildman–Crippen MR) is 92.0 cm³/mol. The first kappa shape index (κ1) is 18.3. The Labute approximate surface area is 142 Å². The molecule has 1 fully saturated rings. The van der Waals surface area contributed by atoms with E-state index in [4.69, 9.17) is 19.5 Å². The van der Waals surface area contributed by atoms with Crippen molar-refractivity contribution in [2.45, 2.75) is 32.1 Å². The van der Waals surface area contributed by atoms with Crippen LogP contribution >= 0.6 is 0 Å². The third-order valence-electron chi connectivity index (χ3n) is 4.27. The van der Waals surface area contributed by atoms with Gasteiger partial charge in [0, 0.05) is 12.1 Å². The summed E-state index contributed by atoms with van der Waals surface area (Å²) in [5.41, 5.74) is 8.38. The molecule has 1 heterocycles. The van der Waals surface area contributed by atoms with Crippen molar-refractivity contribution in [1.29, 1.82) is 0 Å². The highest BCUT2D eigenvalue weighted by Crippen LogP contribution is 2.31. The van der Waals surface area contributed by atoms with Crippen LogP contribution in [0.5, 0.6) is 11.5 Å². The van der Waals surface area contributed by atoms with Gasteiger partial charge in [-0.25, -0.2) is 5.48 Å². The number of nitrogens with two attached hydrogens (primary N) is 1. The maximum Gasteiger partial charge on any atom is 0.204 e. The van der Waals surface area contributed by atoms with Crippen LogP contribution in [0.2, 0.25) is 0 Å². The van der Waals surface area contributed by atoms with Crippen LogP contribution in [-0.4, -0.2) is 31.4 Å². The molecule has 4 N–H and O–H groups in total. The summed E-state index contributed by atoms with van der Waals surface area (Å²) in [6, 6.07) is 5.96. The minimum absolute atomic E-state index is 0.250. The lowest BCUT2D eigenvalue weighted by molar-refractivity contribution is -0.106. The first-order valence-corrected chi connectivity index (χ1v) is 8.38. The Hall–Kier alpha value is -2.05. The summed E-state index contributed by atoms with van der Waals surface area (Å²) in [6.45, 7) is 1.75. The Bertz CT molecular complexity index is 554. The van der Waals surface area contributed by atoms with E-state index in [1.807, 2.05) is 18.2 Å². The van der Waals surface area contributed by atoms with Gasteiger partial charge in [-0.15, -0.1) is 0 Å². The van der Waals surface area contributed by atoms with Crippen molar-refractivity contribution in [1.82, 2.24) is 5.48 Å². The molecule has 1 aliphatic heterocycles. The fourth-order valence-corrected chi connectivity index (χ4v) is 3.06. The zero-order chi connectivity index (χ0) is 17.2. The molecule has 1 saturated carbocycles. The van der Waals surface area contributed by atoms with Crippen molar-refractivity contribution in [3.05, 3.63) is 29.3 Å². The van der Waals surface area contributed by atoms with Crippen LogP contribution in [0.25, 0.3) is 6.08 Å². The fraction of sp³-hybridized carbons (Fsp3) is 0.500. The van der Waals surface area contributed by atoms with Gasteiger partial charge in [0.2, 0.25) is 6.41 Å². The van der Waals surface area contributed by atoms with Crippen molar-refractivity contribution in [3.8, 4) is 11.5 Å². The number of rotatable bonds is 5. The maximum atomic E-state index is 8.78. The van der Waals surface area contributed by atoms with E-state index in [-0.39, 0.29) is 6.41 Å². The van der Waals surface area contributed by atoms with Crippen LogP contribution in [0.15, 0.2) is 23.8 Å². The molecule has 6 nitrogen and oxygen atoms in total. The summed E-state index contributed by atoms with van der Waals surface area (Å²) in [6.07, 6.45) is 8.94. The summed E-state index contributed by atoms with van der Waals surface area (Å²) >= 11 is 0. The summed E-state index contributed by atoms with van der Waals surface area (Å²) in [7, 11) is 0. The molecule has 132 valence electrons. The van der Waals surface area contributed by atoms with Gasteiger partial charge in [0.15, 0.2) is 0 Å². The minimum Gasteiger partial charge on any atom is -0.493 e. The molecule has 0 saturated heterocycles. The van der Waals surface area contributed by atoms with Crippen LogP contribution in [0.4, 0.5) is 0 Å². The lowest BCUT2D eigenvalue weighted by Crippen LogP contribution is -2.18. The molecule has 2 aliphatic rings. The normalized spacial score (nSPS) is 16.8. The molecule has 3 rings (SSSR count). The molecule has 6 heteroatoms. The van der Waals surface area contributed by atoms with Crippen LogP contribution in [-0.2, 0) is 4.79 Å². The summed E-state index contributed by atoms with van der Waals surface area (Å²) in [5, 5.41) is 8.78. The predicted octanol–water partition coefficient (Wildman–Crippen LogP) is 2.50. The van der Waals surface area contributed by atoms with Gasteiger partial charge in [-0.3, -0.25) is 4.79 Å². The maximum absolute atomic E-state index is 8.78. The fourth-order valence-electron chi connectivity index (χ4n) is 3.06. The van der Waals surface area contributed by atoms with E-state index in [0.29, 0.717) is 19.1 Å². The van der Waals surface area contributed by atoms with Crippen molar-refractivity contribution in [2.24, 2.45) is 11.7 Å². The molecule has 0 spiro atoms. The van der Waals surface area contributed by atoms with E-state index >= 15 is 0 Å². The summed E-state index contributed by atoms with van der Waals surface area (Å²) in [5.74, 6) is 2.48. The van der Waals surface area contributed by atoms with Gasteiger partial charge in [0.25, 0.3) is 0 Å². The monoisotopic (exact) mass is 334 g/mol. The molecular weight excluding hydrogens is 308 g/mol. The summed E-state index contributed by atoms with van der Waals surface area (Å²) in [4.78, 5) is 8.58. The number of ether oxygens (including phenoxy) is 2. The van der Waals surface area contributed by atoms with Gasteiger partial charge in [0.1, 0.15) is 18.1 Å². The van der Waals surface area contributed by atoms with Gasteiger partial charge in [-0.05, 0) is 48.6 Å². The van der Waals surface area contributed by atoms with E-state index < -0.39 is 0 Å². The van der Waals surface area contributed by atoms with Crippen LogP contribution < -0.4 is 20.7 Å². The molecule has 1 aromatic rings. The Morgan fingerprint density at radius 2 is 2.08 bits per heavy atom. The van der Waals surface area contributed by atoms with Gasteiger partial charge < -0.3 is 20.4 Å². The number of amides is 1.